The maximum atomic E-state index is 6.11. The van der Waals surface area contributed by atoms with Crippen LogP contribution in [0.5, 0.6) is 0 Å². The van der Waals surface area contributed by atoms with Gasteiger partial charge in [0.2, 0.25) is 0 Å². The van der Waals surface area contributed by atoms with Crippen molar-refractivity contribution in [2.24, 2.45) is 5.92 Å². The fourth-order valence-electron chi connectivity index (χ4n) is 2.53. The lowest BCUT2D eigenvalue weighted by molar-refractivity contribution is 0.237. The molecule has 1 heterocycles. The van der Waals surface area contributed by atoms with Crippen molar-refractivity contribution < 1.29 is 0 Å². The normalized spacial score (nSPS) is 20.3. The molecule has 1 unspecified atom stereocenters. The van der Waals surface area contributed by atoms with E-state index in [0.717, 1.165) is 35.0 Å². The van der Waals surface area contributed by atoms with E-state index in [1.165, 1.54) is 24.9 Å². The summed E-state index contributed by atoms with van der Waals surface area (Å²) >= 11 is 9.54. The highest BCUT2D eigenvalue weighted by Crippen LogP contribution is 2.24. The average Bonchev–Trinajstić information content (AvgIpc) is 2.35. The Morgan fingerprint density at radius 2 is 2.33 bits per heavy atom. The molecule has 0 bridgehead atoms. The van der Waals surface area contributed by atoms with Gasteiger partial charge >= 0.3 is 0 Å². The topological polar surface area (TPSA) is 15.3 Å². The van der Waals surface area contributed by atoms with Crippen molar-refractivity contribution in [2.75, 3.05) is 26.7 Å². The van der Waals surface area contributed by atoms with Gasteiger partial charge < -0.3 is 10.2 Å². The molecule has 2 rings (SSSR count). The number of piperidine rings is 1. The SMILES string of the molecule is CN(Cc1ccc(Br)c(Cl)c1)CC1CCCNC1. The van der Waals surface area contributed by atoms with E-state index in [1.807, 2.05) is 12.1 Å². The lowest BCUT2D eigenvalue weighted by atomic mass is 9.99. The quantitative estimate of drug-likeness (QED) is 0.908. The summed E-state index contributed by atoms with van der Waals surface area (Å²) in [6.45, 7) is 4.46. The summed E-state index contributed by atoms with van der Waals surface area (Å²) in [5, 5.41) is 4.26. The smallest absolute Gasteiger partial charge is 0.0551 e. The molecule has 0 amide bonds. The Labute approximate surface area is 123 Å². The van der Waals surface area contributed by atoms with Crippen molar-refractivity contribution in [2.45, 2.75) is 19.4 Å². The Kier molecular flexibility index (Phi) is 5.49. The largest absolute Gasteiger partial charge is 0.316 e. The Morgan fingerprint density at radius 3 is 3.00 bits per heavy atom. The molecule has 0 saturated carbocycles. The zero-order valence-electron chi connectivity index (χ0n) is 10.8. The highest BCUT2D eigenvalue weighted by molar-refractivity contribution is 9.10. The van der Waals surface area contributed by atoms with E-state index in [2.05, 4.69) is 39.3 Å². The van der Waals surface area contributed by atoms with Crippen LogP contribution in [0.2, 0.25) is 5.02 Å². The molecule has 1 aliphatic rings. The van der Waals surface area contributed by atoms with E-state index in [-0.39, 0.29) is 0 Å². The molecule has 100 valence electrons. The molecule has 1 saturated heterocycles. The Balaban J connectivity index is 1.85. The van der Waals surface area contributed by atoms with Gasteiger partial charge in [0.1, 0.15) is 0 Å². The zero-order valence-corrected chi connectivity index (χ0v) is 13.1. The van der Waals surface area contributed by atoms with Crippen LogP contribution in [0.4, 0.5) is 0 Å². The van der Waals surface area contributed by atoms with Gasteiger partial charge in [-0.1, -0.05) is 17.7 Å². The van der Waals surface area contributed by atoms with Gasteiger partial charge in [-0.25, -0.2) is 0 Å². The van der Waals surface area contributed by atoms with Gasteiger partial charge in [0, 0.05) is 17.6 Å². The maximum absolute atomic E-state index is 6.11. The van der Waals surface area contributed by atoms with E-state index in [4.69, 9.17) is 11.6 Å². The minimum atomic E-state index is 0.787. The maximum Gasteiger partial charge on any atom is 0.0551 e. The van der Waals surface area contributed by atoms with Gasteiger partial charge in [-0.2, -0.15) is 0 Å². The van der Waals surface area contributed by atoms with Crippen molar-refractivity contribution in [1.82, 2.24) is 10.2 Å². The van der Waals surface area contributed by atoms with E-state index in [0.29, 0.717) is 0 Å². The first-order valence-electron chi connectivity index (χ1n) is 6.48. The van der Waals surface area contributed by atoms with Gasteiger partial charge in [0.05, 0.1) is 5.02 Å². The van der Waals surface area contributed by atoms with E-state index >= 15 is 0 Å². The predicted molar refractivity (Wildman–Crippen MR) is 81.1 cm³/mol. The number of benzene rings is 1. The fraction of sp³-hybridized carbons (Fsp3) is 0.571. The highest BCUT2D eigenvalue weighted by Gasteiger charge is 2.15. The molecular formula is C14H20BrClN2. The number of halogens is 2. The van der Waals surface area contributed by atoms with Crippen molar-refractivity contribution in [3.63, 3.8) is 0 Å². The van der Waals surface area contributed by atoms with Crippen LogP contribution in [0.1, 0.15) is 18.4 Å². The highest BCUT2D eigenvalue weighted by atomic mass is 79.9. The third-order valence-electron chi connectivity index (χ3n) is 3.41. The van der Waals surface area contributed by atoms with Crippen LogP contribution < -0.4 is 5.32 Å². The van der Waals surface area contributed by atoms with Crippen molar-refractivity contribution in [3.05, 3.63) is 33.3 Å². The molecule has 0 aromatic heterocycles. The van der Waals surface area contributed by atoms with Crippen LogP contribution in [0.15, 0.2) is 22.7 Å². The second kappa shape index (κ2) is 6.90. The molecular weight excluding hydrogens is 312 g/mol. The molecule has 1 N–H and O–H groups in total. The molecule has 2 nitrogen and oxygen atoms in total. The fourth-order valence-corrected chi connectivity index (χ4v) is 2.98. The molecule has 0 spiro atoms. The molecule has 0 aliphatic carbocycles. The third kappa shape index (κ3) is 4.23. The Bertz CT molecular complexity index is 391. The molecule has 1 aliphatic heterocycles. The van der Waals surface area contributed by atoms with Crippen LogP contribution in [0.25, 0.3) is 0 Å². The molecule has 18 heavy (non-hydrogen) atoms. The monoisotopic (exact) mass is 330 g/mol. The van der Waals surface area contributed by atoms with Crippen molar-refractivity contribution in [1.29, 1.82) is 0 Å². The summed E-state index contributed by atoms with van der Waals surface area (Å²) in [5.41, 5.74) is 1.27. The van der Waals surface area contributed by atoms with Crippen LogP contribution in [0, 0.1) is 5.92 Å². The summed E-state index contributed by atoms with van der Waals surface area (Å²) in [4.78, 5) is 2.39. The van der Waals surface area contributed by atoms with Gasteiger partial charge in [-0.15, -0.1) is 0 Å². The molecule has 1 atom stereocenters. The lowest BCUT2D eigenvalue weighted by Gasteiger charge is -2.27. The van der Waals surface area contributed by atoms with E-state index in [9.17, 15) is 0 Å². The van der Waals surface area contributed by atoms with Gasteiger partial charge in [-0.05, 0) is 72.5 Å². The number of hydrogen-bond acceptors (Lipinski definition) is 2. The standard InChI is InChI=1S/C14H20BrClN2/c1-18(10-12-3-2-6-17-8-12)9-11-4-5-13(15)14(16)7-11/h4-5,7,12,17H,2-3,6,8-10H2,1H3. The third-order valence-corrected chi connectivity index (χ3v) is 4.64. The Morgan fingerprint density at radius 1 is 1.50 bits per heavy atom. The van der Waals surface area contributed by atoms with E-state index in [1.54, 1.807) is 0 Å². The van der Waals surface area contributed by atoms with Gasteiger partial charge in [0.25, 0.3) is 0 Å². The average molecular weight is 332 g/mol. The first kappa shape index (κ1) is 14.3. The van der Waals surface area contributed by atoms with Crippen LogP contribution in [-0.2, 0) is 6.54 Å². The summed E-state index contributed by atoms with van der Waals surface area (Å²) in [5.74, 6) is 0.787. The second-order valence-corrected chi connectivity index (χ2v) is 6.42. The van der Waals surface area contributed by atoms with E-state index < -0.39 is 0 Å². The summed E-state index contributed by atoms with van der Waals surface area (Å²) in [7, 11) is 2.19. The van der Waals surface area contributed by atoms with Gasteiger partial charge in [0.15, 0.2) is 0 Å². The number of hydrogen-bond donors (Lipinski definition) is 1. The van der Waals surface area contributed by atoms with Gasteiger partial charge in [-0.3, -0.25) is 0 Å². The predicted octanol–water partition coefficient (Wildman–Crippen LogP) is 3.53. The molecule has 0 radical (unpaired) electrons. The number of nitrogens with one attached hydrogen (secondary N) is 1. The van der Waals surface area contributed by atoms with Crippen LogP contribution in [0.3, 0.4) is 0 Å². The van der Waals surface area contributed by atoms with Crippen molar-refractivity contribution in [3.8, 4) is 0 Å². The summed E-state index contributed by atoms with van der Waals surface area (Å²) in [6, 6.07) is 6.19. The first-order valence-corrected chi connectivity index (χ1v) is 7.65. The molecule has 1 fully saturated rings. The first-order chi connectivity index (χ1) is 8.65. The van der Waals surface area contributed by atoms with Crippen LogP contribution >= 0.6 is 27.5 Å². The molecule has 1 aromatic carbocycles. The molecule has 4 heteroatoms. The number of nitrogens with zero attached hydrogens (tertiary/aromatic N) is 1. The minimum absolute atomic E-state index is 0.787. The summed E-state index contributed by atoms with van der Waals surface area (Å²) in [6.07, 6.45) is 2.65. The zero-order chi connectivity index (χ0) is 13.0. The van der Waals surface area contributed by atoms with Crippen LogP contribution in [-0.4, -0.2) is 31.6 Å². The van der Waals surface area contributed by atoms with Crippen molar-refractivity contribution >= 4 is 27.5 Å². The second-order valence-electron chi connectivity index (χ2n) is 5.16. The minimum Gasteiger partial charge on any atom is -0.316 e. The molecule has 1 aromatic rings. The lowest BCUT2D eigenvalue weighted by Crippen LogP contribution is -2.36. The number of rotatable bonds is 4. The summed E-state index contributed by atoms with van der Waals surface area (Å²) < 4.78 is 0.965. The Hall–Kier alpha value is -0.0900.